The molecule has 1 aromatic rings. The average Bonchev–Trinajstić information content (AvgIpc) is 3.05. The minimum atomic E-state index is -3.95. The molecule has 2 rings (SSSR count). The first-order valence-corrected chi connectivity index (χ1v) is 7.46. The van der Waals surface area contributed by atoms with Crippen LogP contribution in [0.25, 0.3) is 0 Å². The SMILES string of the molecule is CCC1CC1(C(=O)O)S(=O)(=O)c1ccccc1Cl. The Kier molecular flexibility index (Phi) is 3.15. The van der Waals surface area contributed by atoms with Crippen LogP contribution in [-0.2, 0) is 14.6 Å². The number of carboxylic acid groups (broad SMARTS) is 1. The van der Waals surface area contributed by atoms with Gasteiger partial charge in [-0.2, -0.15) is 0 Å². The number of benzene rings is 1. The lowest BCUT2D eigenvalue weighted by molar-refractivity contribution is -0.137. The first kappa shape index (κ1) is 13.4. The Morgan fingerprint density at radius 2 is 2.11 bits per heavy atom. The largest absolute Gasteiger partial charge is 0.480 e. The predicted molar refractivity (Wildman–Crippen MR) is 67.4 cm³/mol. The highest BCUT2D eigenvalue weighted by atomic mass is 35.5. The predicted octanol–water partition coefficient (Wildman–Crippen LogP) is 2.37. The Balaban J connectivity index is 2.57. The first-order valence-electron chi connectivity index (χ1n) is 5.60. The quantitative estimate of drug-likeness (QED) is 0.923. The molecule has 0 radical (unpaired) electrons. The van der Waals surface area contributed by atoms with Crippen molar-refractivity contribution >= 4 is 27.4 Å². The van der Waals surface area contributed by atoms with E-state index >= 15 is 0 Å². The third kappa shape index (κ3) is 1.65. The van der Waals surface area contributed by atoms with E-state index in [1.807, 2.05) is 0 Å². The number of sulfone groups is 1. The van der Waals surface area contributed by atoms with Gasteiger partial charge >= 0.3 is 5.97 Å². The molecule has 18 heavy (non-hydrogen) atoms. The molecule has 2 unspecified atom stereocenters. The third-order valence-corrected chi connectivity index (χ3v) is 6.52. The second kappa shape index (κ2) is 4.24. The summed E-state index contributed by atoms with van der Waals surface area (Å²) >= 11 is 5.87. The summed E-state index contributed by atoms with van der Waals surface area (Å²) in [5.41, 5.74) is 0. The van der Waals surface area contributed by atoms with Crippen LogP contribution in [0.3, 0.4) is 0 Å². The zero-order chi connectivity index (χ0) is 13.6. The number of aliphatic carboxylic acids is 1. The number of rotatable bonds is 4. The van der Waals surface area contributed by atoms with E-state index in [0.29, 0.717) is 6.42 Å². The van der Waals surface area contributed by atoms with Crippen molar-refractivity contribution in [2.24, 2.45) is 5.92 Å². The van der Waals surface area contributed by atoms with Crippen LogP contribution in [0.5, 0.6) is 0 Å². The van der Waals surface area contributed by atoms with Gasteiger partial charge in [0, 0.05) is 0 Å². The highest BCUT2D eigenvalue weighted by Crippen LogP contribution is 2.55. The van der Waals surface area contributed by atoms with Crippen LogP contribution in [0.2, 0.25) is 5.02 Å². The van der Waals surface area contributed by atoms with Crippen LogP contribution in [0, 0.1) is 5.92 Å². The topological polar surface area (TPSA) is 71.4 Å². The molecule has 1 aliphatic rings. The molecular weight excluding hydrogens is 276 g/mol. The van der Waals surface area contributed by atoms with Gasteiger partial charge in [-0.3, -0.25) is 4.79 Å². The Labute approximate surface area is 110 Å². The molecule has 0 saturated heterocycles. The van der Waals surface area contributed by atoms with E-state index in [-0.39, 0.29) is 22.3 Å². The fourth-order valence-electron chi connectivity index (χ4n) is 2.35. The second-order valence-electron chi connectivity index (χ2n) is 4.44. The average molecular weight is 289 g/mol. The lowest BCUT2D eigenvalue weighted by Crippen LogP contribution is -2.35. The summed E-state index contributed by atoms with van der Waals surface area (Å²) in [5, 5.41) is 9.34. The molecule has 0 aromatic heterocycles. The lowest BCUT2D eigenvalue weighted by Gasteiger charge is -2.14. The maximum Gasteiger partial charge on any atom is 0.325 e. The van der Waals surface area contributed by atoms with Crippen molar-refractivity contribution in [3.05, 3.63) is 29.3 Å². The van der Waals surface area contributed by atoms with Crippen molar-refractivity contribution in [2.75, 3.05) is 0 Å². The summed E-state index contributed by atoms with van der Waals surface area (Å²) in [4.78, 5) is 11.3. The molecule has 1 fully saturated rings. The maximum absolute atomic E-state index is 12.5. The van der Waals surface area contributed by atoms with Gasteiger partial charge in [-0.05, 0) is 24.5 Å². The number of hydrogen-bond donors (Lipinski definition) is 1. The number of hydrogen-bond acceptors (Lipinski definition) is 3. The molecule has 98 valence electrons. The Morgan fingerprint density at radius 1 is 1.50 bits per heavy atom. The fourth-order valence-corrected chi connectivity index (χ4v) is 5.02. The van der Waals surface area contributed by atoms with Crippen molar-refractivity contribution in [1.82, 2.24) is 0 Å². The van der Waals surface area contributed by atoms with Crippen LogP contribution in [0.4, 0.5) is 0 Å². The van der Waals surface area contributed by atoms with E-state index in [1.54, 1.807) is 13.0 Å². The molecule has 0 bridgehead atoms. The standard InChI is InChI=1S/C12H13ClO4S/c1-2-8-7-12(8,11(14)15)18(16,17)10-6-4-3-5-9(10)13/h3-6,8H,2,7H2,1H3,(H,14,15). The van der Waals surface area contributed by atoms with Gasteiger partial charge in [0.2, 0.25) is 0 Å². The van der Waals surface area contributed by atoms with Gasteiger partial charge in [0.05, 0.1) is 9.92 Å². The minimum absolute atomic E-state index is 0.0693. The number of halogens is 1. The summed E-state index contributed by atoms with van der Waals surface area (Å²) in [6.07, 6.45) is 0.683. The monoisotopic (exact) mass is 288 g/mol. The van der Waals surface area contributed by atoms with Gasteiger partial charge in [0.15, 0.2) is 14.6 Å². The van der Waals surface area contributed by atoms with Gasteiger partial charge in [-0.25, -0.2) is 8.42 Å². The van der Waals surface area contributed by atoms with Gasteiger partial charge in [-0.1, -0.05) is 37.1 Å². The van der Waals surface area contributed by atoms with Crippen LogP contribution < -0.4 is 0 Å². The third-order valence-electron chi connectivity index (χ3n) is 3.51. The highest BCUT2D eigenvalue weighted by molar-refractivity contribution is 7.94. The van der Waals surface area contributed by atoms with Gasteiger partial charge in [-0.15, -0.1) is 0 Å². The molecule has 0 heterocycles. The van der Waals surface area contributed by atoms with Crippen molar-refractivity contribution in [3.8, 4) is 0 Å². The van der Waals surface area contributed by atoms with E-state index < -0.39 is 20.6 Å². The van der Waals surface area contributed by atoms with Crippen LogP contribution >= 0.6 is 11.6 Å². The van der Waals surface area contributed by atoms with Gasteiger partial charge < -0.3 is 5.11 Å². The molecule has 0 aliphatic heterocycles. The molecule has 1 aromatic carbocycles. The van der Waals surface area contributed by atoms with E-state index in [4.69, 9.17) is 11.6 Å². The Hall–Kier alpha value is -1.07. The molecular formula is C12H13ClO4S. The zero-order valence-electron chi connectivity index (χ0n) is 9.76. The second-order valence-corrected chi connectivity index (χ2v) is 7.02. The molecule has 2 atom stereocenters. The Morgan fingerprint density at radius 3 is 2.56 bits per heavy atom. The van der Waals surface area contributed by atoms with Crippen molar-refractivity contribution in [1.29, 1.82) is 0 Å². The fraction of sp³-hybridized carbons (Fsp3) is 0.417. The van der Waals surface area contributed by atoms with Gasteiger partial charge in [0.1, 0.15) is 0 Å². The normalized spacial score (nSPS) is 26.9. The summed E-state index contributed by atoms with van der Waals surface area (Å²) < 4.78 is 23.3. The summed E-state index contributed by atoms with van der Waals surface area (Å²) in [6.45, 7) is 1.79. The van der Waals surface area contributed by atoms with Crippen LogP contribution in [0.15, 0.2) is 29.2 Å². The Bertz CT molecular complexity index is 596. The van der Waals surface area contributed by atoms with E-state index in [9.17, 15) is 18.3 Å². The van der Waals surface area contributed by atoms with Crippen LogP contribution in [-0.4, -0.2) is 24.2 Å². The van der Waals surface area contributed by atoms with Crippen molar-refractivity contribution in [2.45, 2.75) is 29.4 Å². The molecule has 0 spiro atoms. The smallest absolute Gasteiger partial charge is 0.325 e. The maximum atomic E-state index is 12.5. The molecule has 4 nitrogen and oxygen atoms in total. The molecule has 1 aliphatic carbocycles. The van der Waals surface area contributed by atoms with E-state index in [1.165, 1.54) is 18.2 Å². The molecule has 1 saturated carbocycles. The summed E-state index contributed by atoms with van der Waals surface area (Å²) in [5.74, 6) is -1.62. The molecule has 0 amide bonds. The van der Waals surface area contributed by atoms with E-state index in [2.05, 4.69) is 0 Å². The molecule has 6 heteroatoms. The first-order chi connectivity index (χ1) is 8.38. The molecule has 1 N–H and O–H groups in total. The highest BCUT2D eigenvalue weighted by Gasteiger charge is 2.69. The minimum Gasteiger partial charge on any atom is -0.480 e. The van der Waals surface area contributed by atoms with Crippen LogP contribution in [0.1, 0.15) is 19.8 Å². The number of carbonyl (C=O) groups is 1. The zero-order valence-corrected chi connectivity index (χ0v) is 11.3. The van der Waals surface area contributed by atoms with Crippen molar-refractivity contribution < 1.29 is 18.3 Å². The van der Waals surface area contributed by atoms with Gasteiger partial charge in [0.25, 0.3) is 0 Å². The van der Waals surface area contributed by atoms with E-state index in [0.717, 1.165) is 0 Å². The summed E-state index contributed by atoms with van der Waals surface area (Å²) in [7, 11) is -3.95. The summed E-state index contributed by atoms with van der Waals surface area (Å²) in [6, 6.07) is 5.96. The van der Waals surface area contributed by atoms with Crippen molar-refractivity contribution in [3.63, 3.8) is 0 Å². The lowest BCUT2D eigenvalue weighted by atomic mass is 10.2. The number of carboxylic acids is 1.